The highest BCUT2D eigenvalue weighted by Gasteiger charge is 2.05. The second-order valence-electron chi connectivity index (χ2n) is 4.25. The molecule has 2 rings (SSSR count). The number of amides is 1. The molecule has 110 valence electrons. The van der Waals surface area contributed by atoms with E-state index in [2.05, 4.69) is 10.5 Å². The maximum Gasteiger partial charge on any atom is 0.277 e. The molecular weight excluding hydrogens is 282 g/mol. The van der Waals surface area contributed by atoms with E-state index in [1.807, 2.05) is 6.07 Å². The molecule has 2 aromatic rings. The van der Waals surface area contributed by atoms with E-state index in [-0.39, 0.29) is 12.4 Å². The lowest BCUT2D eigenvalue weighted by Gasteiger charge is -2.06. The number of benzene rings is 2. The van der Waals surface area contributed by atoms with Crippen LogP contribution in [0.5, 0.6) is 11.5 Å². The first-order valence-electron chi connectivity index (χ1n) is 6.42. The van der Waals surface area contributed by atoms with Gasteiger partial charge in [0.1, 0.15) is 17.6 Å². The molecule has 0 saturated carbocycles. The van der Waals surface area contributed by atoms with Gasteiger partial charge in [0.25, 0.3) is 5.91 Å². The maximum absolute atomic E-state index is 11.6. The van der Waals surface area contributed by atoms with E-state index in [9.17, 15) is 9.90 Å². The zero-order chi connectivity index (χ0) is 15.8. The van der Waals surface area contributed by atoms with Crippen molar-refractivity contribution < 1.29 is 14.6 Å². The molecule has 1 amide bonds. The van der Waals surface area contributed by atoms with Crippen LogP contribution in [-0.2, 0) is 4.79 Å². The Morgan fingerprint density at radius 2 is 2.00 bits per heavy atom. The highest BCUT2D eigenvalue weighted by atomic mass is 16.5. The number of para-hydroxylation sites is 2. The molecule has 0 bridgehead atoms. The first-order valence-corrected chi connectivity index (χ1v) is 6.42. The third-order valence-electron chi connectivity index (χ3n) is 2.70. The van der Waals surface area contributed by atoms with E-state index >= 15 is 0 Å². The van der Waals surface area contributed by atoms with E-state index in [4.69, 9.17) is 10.00 Å². The Morgan fingerprint density at radius 1 is 1.27 bits per heavy atom. The summed E-state index contributed by atoms with van der Waals surface area (Å²) >= 11 is 0. The van der Waals surface area contributed by atoms with Crippen molar-refractivity contribution in [1.29, 1.82) is 5.26 Å². The molecule has 0 aliphatic rings. The van der Waals surface area contributed by atoms with Gasteiger partial charge in [-0.2, -0.15) is 10.4 Å². The lowest BCUT2D eigenvalue weighted by atomic mass is 10.2. The van der Waals surface area contributed by atoms with Gasteiger partial charge in [-0.3, -0.25) is 4.79 Å². The standard InChI is InChI=1S/C16H13N3O3/c17-9-12-5-2-4-8-15(12)22-11-16(21)19-18-10-13-6-1-3-7-14(13)20/h1-8,10,20H,11H2,(H,19,21)/b18-10+. The van der Waals surface area contributed by atoms with Crippen molar-refractivity contribution in [1.82, 2.24) is 5.43 Å². The Hall–Kier alpha value is -3.33. The number of phenols is 1. The van der Waals surface area contributed by atoms with Gasteiger partial charge in [0, 0.05) is 5.56 Å². The second kappa shape index (κ2) is 7.45. The average molecular weight is 295 g/mol. The minimum absolute atomic E-state index is 0.0692. The number of nitriles is 1. The first kappa shape index (κ1) is 15.1. The van der Waals surface area contributed by atoms with E-state index in [0.717, 1.165) is 0 Å². The van der Waals surface area contributed by atoms with Crippen LogP contribution in [-0.4, -0.2) is 23.8 Å². The predicted octanol–water partition coefficient (Wildman–Crippen LogP) is 1.79. The van der Waals surface area contributed by atoms with Gasteiger partial charge >= 0.3 is 0 Å². The smallest absolute Gasteiger partial charge is 0.277 e. The third kappa shape index (κ3) is 4.08. The molecule has 0 spiro atoms. The quantitative estimate of drug-likeness (QED) is 0.649. The Bertz CT molecular complexity index is 735. The van der Waals surface area contributed by atoms with Crippen LogP contribution in [0, 0.1) is 11.3 Å². The van der Waals surface area contributed by atoms with Gasteiger partial charge in [0.2, 0.25) is 0 Å². The van der Waals surface area contributed by atoms with E-state index < -0.39 is 5.91 Å². The summed E-state index contributed by atoms with van der Waals surface area (Å²) in [7, 11) is 0. The number of hydrazone groups is 1. The van der Waals surface area contributed by atoms with Crippen LogP contribution in [0.15, 0.2) is 53.6 Å². The fourth-order valence-corrected chi connectivity index (χ4v) is 1.63. The molecule has 22 heavy (non-hydrogen) atoms. The summed E-state index contributed by atoms with van der Waals surface area (Å²) in [5.41, 5.74) is 3.12. The molecule has 0 atom stereocenters. The van der Waals surface area contributed by atoms with Crippen LogP contribution >= 0.6 is 0 Å². The third-order valence-corrected chi connectivity index (χ3v) is 2.70. The van der Waals surface area contributed by atoms with Gasteiger partial charge in [-0.1, -0.05) is 24.3 Å². The number of carbonyl (C=O) groups is 1. The second-order valence-corrected chi connectivity index (χ2v) is 4.25. The van der Waals surface area contributed by atoms with Gasteiger partial charge in [0.15, 0.2) is 6.61 Å². The lowest BCUT2D eigenvalue weighted by molar-refractivity contribution is -0.123. The number of hydrogen-bond donors (Lipinski definition) is 2. The fourth-order valence-electron chi connectivity index (χ4n) is 1.63. The molecule has 0 aromatic heterocycles. The summed E-state index contributed by atoms with van der Waals surface area (Å²) in [4.78, 5) is 11.6. The summed E-state index contributed by atoms with van der Waals surface area (Å²) in [6.07, 6.45) is 1.33. The molecule has 0 saturated heterocycles. The number of rotatable bonds is 5. The Balaban J connectivity index is 1.86. The Morgan fingerprint density at radius 3 is 2.77 bits per heavy atom. The highest BCUT2D eigenvalue weighted by molar-refractivity contribution is 5.85. The largest absolute Gasteiger partial charge is 0.507 e. The van der Waals surface area contributed by atoms with E-state index in [0.29, 0.717) is 16.9 Å². The van der Waals surface area contributed by atoms with Crippen molar-refractivity contribution in [2.75, 3.05) is 6.61 Å². The molecular formula is C16H13N3O3. The molecule has 0 unspecified atom stereocenters. The predicted molar refractivity (Wildman–Crippen MR) is 80.5 cm³/mol. The van der Waals surface area contributed by atoms with Crippen molar-refractivity contribution in [3.8, 4) is 17.6 Å². The molecule has 6 nitrogen and oxygen atoms in total. The molecule has 6 heteroatoms. The highest BCUT2D eigenvalue weighted by Crippen LogP contribution is 2.16. The van der Waals surface area contributed by atoms with Crippen LogP contribution in [0.3, 0.4) is 0 Å². The molecule has 0 heterocycles. The number of nitrogens with zero attached hydrogens (tertiary/aromatic N) is 2. The SMILES string of the molecule is N#Cc1ccccc1OCC(=O)N/N=C/c1ccccc1O. The Kier molecular flexibility index (Phi) is 5.10. The van der Waals surface area contributed by atoms with E-state index in [1.165, 1.54) is 12.3 Å². The topological polar surface area (TPSA) is 94.7 Å². The Labute approximate surface area is 127 Å². The average Bonchev–Trinajstić information content (AvgIpc) is 2.55. The van der Waals surface area contributed by atoms with Gasteiger partial charge in [-0.15, -0.1) is 0 Å². The van der Waals surface area contributed by atoms with Crippen LogP contribution in [0.25, 0.3) is 0 Å². The van der Waals surface area contributed by atoms with Crippen molar-refractivity contribution in [3.05, 3.63) is 59.7 Å². The molecule has 0 radical (unpaired) electrons. The van der Waals surface area contributed by atoms with Gasteiger partial charge in [-0.25, -0.2) is 5.43 Å². The monoisotopic (exact) mass is 295 g/mol. The zero-order valence-electron chi connectivity index (χ0n) is 11.6. The van der Waals surface area contributed by atoms with Crippen LogP contribution in [0.2, 0.25) is 0 Å². The number of ether oxygens (including phenoxy) is 1. The van der Waals surface area contributed by atoms with Gasteiger partial charge in [-0.05, 0) is 24.3 Å². The van der Waals surface area contributed by atoms with E-state index in [1.54, 1.807) is 42.5 Å². The number of aromatic hydroxyl groups is 1. The van der Waals surface area contributed by atoms with Crippen molar-refractivity contribution in [2.45, 2.75) is 0 Å². The molecule has 0 aliphatic carbocycles. The zero-order valence-corrected chi connectivity index (χ0v) is 11.6. The summed E-state index contributed by atoms with van der Waals surface area (Å²) in [5, 5.41) is 22.2. The normalized spacial score (nSPS) is 10.1. The number of nitrogens with one attached hydrogen (secondary N) is 1. The lowest BCUT2D eigenvalue weighted by Crippen LogP contribution is -2.24. The van der Waals surface area contributed by atoms with Crippen molar-refractivity contribution in [3.63, 3.8) is 0 Å². The molecule has 2 aromatic carbocycles. The van der Waals surface area contributed by atoms with Crippen LogP contribution in [0.1, 0.15) is 11.1 Å². The minimum atomic E-state index is -0.473. The van der Waals surface area contributed by atoms with Gasteiger partial charge in [0.05, 0.1) is 11.8 Å². The number of hydrogen-bond acceptors (Lipinski definition) is 5. The minimum Gasteiger partial charge on any atom is -0.507 e. The first-order chi connectivity index (χ1) is 10.7. The fraction of sp³-hybridized carbons (Fsp3) is 0.0625. The number of carbonyl (C=O) groups excluding carboxylic acids is 1. The number of phenolic OH excluding ortho intramolecular Hbond substituents is 1. The summed E-state index contributed by atoms with van der Waals surface area (Å²) < 4.78 is 5.26. The van der Waals surface area contributed by atoms with Gasteiger partial charge < -0.3 is 9.84 Å². The summed E-state index contributed by atoms with van der Waals surface area (Å²) in [5.74, 6) is -0.0658. The molecule has 2 N–H and O–H groups in total. The van der Waals surface area contributed by atoms with Crippen molar-refractivity contribution in [2.24, 2.45) is 5.10 Å². The molecule has 0 aliphatic heterocycles. The summed E-state index contributed by atoms with van der Waals surface area (Å²) in [6.45, 7) is -0.267. The van der Waals surface area contributed by atoms with Crippen LogP contribution in [0.4, 0.5) is 0 Å². The maximum atomic E-state index is 11.6. The van der Waals surface area contributed by atoms with Crippen LogP contribution < -0.4 is 10.2 Å². The van der Waals surface area contributed by atoms with Crippen molar-refractivity contribution >= 4 is 12.1 Å². The summed E-state index contributed by atoms with van der Waals surface area (Å²) in [6, 6.07) is 15.2. The molecule has 0 fully saturated rings.